The van der Waals surface area contributed by atoms with E-state index in [1.54, 1.807) is 0 Å². The molecule has 1 fully saturated rings. The third kappa shape index (κ3) is 6.56. The molecule has 1 aliphatic heterocycles. The molecular formula is C16H23F3IN3. The van der Waals surface area contributed by atoms with Crippen molar-refractivity contribution in [3.63, 3.8) is 0 Å². The summed E-state index contributed by atoms with van der Waals surface area (Å²) in [4.78, 5) is 6.17. The monoisotopic (exact) mass is 441 g/mol. The Hall–Kier alpha value is -0.990. The van der Waals surface area contributed by atoms with Crippen molar-refractivity contribution in [1.82, 2.24) is 10.2 Å². The van der Waals surface area contributed by atoms with Gasteiger partial charge in [-0.2, -0.15) is 13.2 Å². The fourth-order valence-electron chi connectivity index (χ4n) is 2.66. The van der Waals surface area contributed by atoms with E-state index in [1.807, 2.05) is 25.1 Å². The van der Waals surface area contributed by atoms with E-state index in [0.717, 1.165) is 19.5 Å². The van der Waals surface area contributed by atoms with Crippen molar-refractivity contribution in [3.8, 4) is 0 Å². The zero-order valence-corrected chi connectivity index (χ0v) is 15.5. The van der Waals surface area contributed by atoms with E-state index in [-0.39, 0.29) is 30.5 Å². The van der Waals surface area contributed by atoms with Gasteiger partial charge in [0, 0.05) is 25.6 Å². The Balaban J connectivity index is 0.00000264. The molecule has 3 nitrogen and oxygen atoms in total. The Morgan fingerprint density at radius 1 is 1.30 bits per heavy atom. The molecule has 1 unspecified atom stereocenters. The van der Waals surface area contributed by atoms with E-state index < -0.39 is 12.6 Å². The first kappa shape index (κ1) is 20.1. The Labute approximate surface area is 152 Å². The van der Waals surface area contributed by atoms with Crippen molar-refractivity contribution in [2.45, 2.75) is 31.9 Å². The first-order chi connectivity index (χ1) is 10.5. The standard InChI is InChI=1S/C16H22F3N3.HI/c1-2-20-15(21-10-9-16(17,18)19)22-11-8-14(12-22)13-6-4-3-5-7-13;/h3-7,14H,2,8-12H2,1H3,(H,20,21);1H. The minimum Gasteiger partial charge on any atom is -0.357 e. The van der Waals surface area contributed by atoms with Crippen molar-refractivity contribution < 1.29 is 13.2 Å². The summed E-state index contributed by atoms with van der Waals surface area (Å²) in [5.41, 5.74) is 1.27. The number of halogens is 4. The molecule has 1 N–H and O–H groups in total. The molecule has 0 spiro atoms. The first-order valence-corrected chi connectivity index (χ1v) is 7.64. The summed E-state index contributed by atoms with van der Waals surface area (Å²) in [7, 11) is 0. The number of hydrogen-bond donors (Lipinski definition) is 1. The van der Waals surface area contributed by atoms with Gasteiger partial charge in [0.25, 0.3) is 0 Å². The van der Waals surface area contributed by atoms with Gasteiger partial charge in [-0.3, -0.25) is 4.99 Å². The van der Waals surface area contributed by atoms with Gasteiger partial charge >= 0.3 is 6.18 Å². The molecule has 0 aliphatic carbocycles. The van der Waals surface area contributed by atoms with Crippen LogP contribution < -0.4 is 5.32 Å². The second-order valence-corrected chi connectivity index (χ2v) is 5.44. The quantitative estimate of drug-likeness (QED) is 0.435. The number of likely N-dealkylation sites (tertiary alicyclic amines) is 1. The molecule has 1 atom stereocenters. The van der Waals surface area contributed by atoms with Crippen molar-refractivity contribution in [2.24, 2.45) is 4.99 Å². The Kier molecular flexibility index (Phi) is 8.15. The van der Waals surface area contributed by atoms with Gasteiger partial charge in [-0.1, -0.05) is 30.3 Å². The summed E-state index contributed by atoms with van der Waals surface area (Å²) in [6, 6.07) is 10.2. The number of hydrogen-bond acceptors (Lipinski definition) is 1. The van der Waals surface area contributed by atoms with Gasteiger partial charge in [0.05, 0.1) is 13.0 Å². The van der Waals surface area contributed by atoms with Crippen LogP contribution in [-0.2, 0) is 0 Å². The molecule has 0 amide bonds. The van der Waals surface area contributed by atoms with E-state index in [9.17, 15) is 13.2 Å². The summed E-state index contributed by atoms with van der Waals surface area (Å²) in [6.45, 7) is 3.96. The number of aliphatic imine (C=N–C) groups is 1. The van der Waals surface area contributed by atoms with E-state index in [2.05, 4.69) is 27.3 Å². The van der Waals surface area contributed by atoms with Crippen LogP contribution >= 0.6 is 24.0 Å². The van der Waals surface area contributed by atoms with Gasteiger partial charge in [0.15, 0.2) is 5.96 Å². The number of benzene rings is 1. The molecule has 7 heteroatoms. The van der Waals surface area contributed by atoms with Crippen LogP contribution in [0.25, 0.3) is 0 Å². The molecule has 1 aromatic carbocycles. The van der Waals surface area contributed by atoms with Crippen LogP contribution in [0.5, 0.6) is 0 Å². The van der Waals surface area contributed by atoms with Gasteiger partial charge in [-0.05, 0) is 18.9 Å². The molecule has 0 aromatic heterocycles. The SMILES string of the molecule is CCNC(=NCCC(F)(F)F)N1CCC(c2ccccc2)C1.I. The third-order valence-corrected chi connectivity index (χ3v) is 3.75. The molecule has 23 heavy (non-hydrogen) atoms. The van der Waals surface area contributed by atoms with E-state index in [0.29, 0.717) is 18.4 Å². The predicted molar refractivity (Wildman–Crippen MR) is 97.4 cm³/mol. The second-order valence-electron chi connectivity index (χ2n) is 5.44. The lowest BCUT2D eigenvalue weighted by molar-refractivity contribution is -0.132. The fourth-order valence-corrected chi connectivity index (χ4v) is 2.66. The van der Waals surface area contributed by atoms with Gasteiger partial charge in [-0.15, -0.1) is 24.0 Å². The average Bonchev–Trinajstić information content (AvgIpc) is 2.96. The fraction of sp³-hybridized carbons (Fsp3) is 0.562. The smallest absolute Gasteiger partial charge is 0.357 e. The lowest BCUT2D eigenvalue weighted by Crippen LogP contribution is -2.40. The topological polar surface area (TPSA) is 27.6 Å². The highest BCUT2D eigenvalue weighted by Gasteiger charge is 2.28. The van der Waals surface area contributed by atoms with E-state index in [1.165, 1.54) is 5.56 Å². The molecule has 1 saturated heterocycles. The Bertz CT molecular complexity index is 491. The van der Waals surface area contributed by atoms with Crippen LogP contribution in [0.1, 0.15) is 31.2 Å². The maximum atomic E-state index is 12.2. The first-order valence-electron chi connectivity index (χ1n) is 7.64. The van der Waals surface area contributed by atoms with E-state index >= 15 is 0 Å². The van der Waals surface area contributed by atoms with Crippen LogP contribution in [0.2, 0.25) is 0 Å². The molecule has 2 rings (SSSR count). The maximum absolute atomic E-state index is 12.2. The maximum Gasteiger partial charge on any atom is 0.390 e. The largest absolute Gasteiger partial charge is 0.390 e. The van der Waals surface area contributed by atoms with Crippen LogP contribution in [0, 0.1) is 0 Å². The number of rotatable bonds is 4. The Morgan fingerprint density at radius 3 is 2.61 bits per heavy atom. The highest BCUT2D eigenvalue weighted by Crippen LogP contribution is 2.27. The van der Waals surface area contributed by atoms with Gasteiger partial charge < -0.3 is 10.2 Å². The average molecular weight is 441 g/mol. The third-order valence-electron chi connectivity index (χ3n) is 3.75. The normalized spacial score (nSPS) is 18.7. The molecule has 0 saturated carbocycles. The van der Waals surface area contributed by atoms with Crippen LogP contribution in [0.15, 0.2) is 35.3 Å². The molecular weight excluding hydrogens is 418 g/mol. The lowest BCUT2D eigenvalue weighted by atomic mass is 9.99. The van der Waals surface area contributed by atoms with Crippen LogP contribution in [0.4, 0.5) is 13.2 Å². The van der Waals surface area contributed by atoms with Gasteiger partial charge in [-0.25, -0.2) is 0 Å². The van der Waals surface area contributed by atoms with E-state index in [4.69, 9.17) is 0 Å². The van der Waals surface area contributed by atoms with Crippen molar-refractivity contribution in [1.29, 1.82) is 0 Å². The number of guanidine groups is 1. The number of nitrogens with one attached hydrogen (secondary N) is 1. The van der Waals surface area contributed by atoms with Gasteiger partial charge in [0.1, 0.15) is 0 Å². The molecule has 0 radical (unpaired) electrons. The minimum atomic E-state index is -4.15. The summed E-state index contributed by atoms with van der Waals surface area (Å²) in [5.74, 6) is 0.998. The Morgan fingerprint density at radius 2 is 2.00 bits per heavy atom. The predicted octanol–water partition coefficient (Wildman–Crippen LogP) is 4.01. The molecule has 1 aliphatic rings. The lowest BCUT2D eigenvalue weighted by Gasteiger charge is -2.22. The second kappa shape index (κ2) is 9.34. The summed E-state index contributed by atoms with van der Waals surface area (Å²) >= 11 is 0. The molecule has 130 valence electrons. The minimum absolute atomic E-state index is 0. The zero-order valence-electron chi connectivity index (χ0n) is 13.1. The molecule has 0 bridgehead atoms. The summed E-state index contributed by atoms with van der Waals surface area (Å²) in [5, 5.41) is 3.09. The van der Waals surface area contributed by atoms with Crippen LogP contribution in [0.3, 0.4) is 0 Å². The van der Waals surface area contributed by atoms with Gasteiger partial charge in [0.2, 0.25) is 0 Å². The highest BCUT2D eigenvalue weighted by molar-refractivity contribution is 14.0. The van der Waals surface area contributed by atoms with Crippen molar-refractivity contribution >= 4 is 29.9 Å². The number of alkyl halides is 3. The van der Waals surface area contributed by atoms with Crippen molar-refractivity contribution in [2.75, 3.05) is 26.2 Å². The molecule has 1 heterocycles. The summed E-state index contributed by atoms with van der Waals surface area (Å²) < 4.78 is 36.7. The van der Waals surface area contributed by atoms with Crippen LogP contribution in [-0.4, -0.2) is 43.2 Å². The van der Waals surface area contributed by atoms with Crippen molar-refractivity contribution in [3.05, 3.63) is 35.9 Å². The molecule has 1 aromatic rings. The number of nitrogens with zero attached hydrogens (tertiary/aromatic N) is 2. The zero-order chi connectivity index (χ0) is 16.0. The summed E-state index contributed by atoms with van der Waals surface area (Å²) in [6.07, 6.45) is -4.04. The highest BCUT2D eigenvalue weighted by atomic mass is 127.